The molecule has 1 aliphatic rings. The van der Waals surface area contributed by atoms with Crippen LogP contribution in [0.2, 0.25) is 0 Å². The minimum atomic E-state index is -0.216. The van der Waals surface area contributed by atoms with Crippen LogP contribution in [0.1, 0.15) is 30.9 Å². The van der Waals surface area contributed by atoms with Crippen LogP contribution in [0.5, 0.6) is 0 Å². The third-order valence-corrected chi connectivity index (χ3v) is 3.90. The molecule has 0 bridgehead atoms. The van der Waals surface area contributed by atoms with Gasteiger partial charge in [-0.2, -0.15) is 0 Å². The van der Waals surface area contributed by atoms with E-state index in [2.05, 4.69) is 0 Å². The van der Waals surface area contributed by atoms with Crippen molar-refractivity contribution in [1.82, 2.24) is 4.90 Å². The second kappa shape index (κ2) is 7.41. The van der Waals surface area contributed by atoms with Crippen LogP contribution in [0.15, 0.2) is 30.3 Å². The molecule has 4 nitrogen and oxygen atoms in total. The quantitative estimate of drug-likeness (QED) is 0.894. The standard InChI is InChI=1S/C16H24N2O2/c1-20-12-13-6-5-9-18(11-13)16(19)10-15(17)14-7-3-2-4-8-14/h2-4,7-8,13,15H,5-6,9-12,17H2,1H3. The van der Waals surface area contributed by atoms with Crippen LogP contribution in [-0.2, 0) is 9.53 Å². The molecule has 0 aliphatic carbocycles. The summed E-state index contributed by atoms with van der Waals surface area (Å²) in [5.41, 5.74) is 7.14. The van der Waals surface area contributed by atoms with Crippen LogP contribution >= 0.6 is 0 Å². The molecule has 110 valence electrons. The first-order valence-electron chi connectivity index (χ1n) is 7.28. The molecule has 0 spiro atoms. The molecule has 2 N–H and O–H groups in total. The van der Waals surface area contributed by atoms with E-state index in [1.807, 2.05) is 35.2 Å². The number of carbonyl (C=O) groups is 1. The number of benzene rings is 1. The summed E-state index contributed by atoms with van der Waals surface area (Å²) in [6.45, 7) is 2.38. The van der Waals surface area contributed by atoms with Gasteiger partial charge in [-0.3, -0.25) is 4.79 Å². The summed E-state index contributed by atoms with van der Waals surface area (Å²) in [6, 6.07) is 9.60. The molecule has 1 aliphatic heterocycles. The van der Waals surface area contributed by atoms with Crippen molar-refractivity contribution in [3.05, 3.63) is 35.9 Å². The van der Waals surface area contributed by atoms with Crippen LogP contribution in [0.4, 0.5) is 0 Å². The number of piperidine rings is 1. The van der Waals surface area contributed by atoms with Gasteiger partial charge in [0.05, 0.1) is 6.61 Å². The van der Waals surface area contributed by atoms with Gasteiger partial charge in [0.15, 0.2) is 0 Å². The Balaban J connectivity index is 1.88. The van der Waals surface area contributed by atoms with Gasteiger partial charge in [-0.15, -0.1) is 0 Å². The van der Waals surface area contributed by atoms with Gasteiger partial charge in [-0.25, -0.2) is 0 Å². The van der Waals surface area contributed by atoms with Crippen LogP contribution in [0, 0.1) is 5.92 Å². The summed E-state index contributed by atoms with van der Waals surface area (Å²) in [5.74, 6) is 0.618. The average molecular weight is 276 g/mol. The number of likely N-dealkylation sites (tertiary alicyclic amines) is 1. The molecule has 1 aromatic carbocycles. The number of nitrogens with zero attached hydrogens (tertiary/aromatic N) is 1. The molecule has 0 aromatic heterocycles. The van der Waals surface area contributed by atoms with Crippen LogP contribution in [0.3, 0.4) is 0 Å². The molecule has 1 amide bonds. The van der Waals surface area contributed by atoms with E-state index in [4.69, 9.17) is 10.5 Å². The molecule has 0 radical (unpaired) electrons. The lowest BCUT2D eigenvalue weighted by molar-refractivity contribution is -0.133. The molecule has 1 saturated heterocycles. The highest BCUT2D eigenvalue weighted by molar-refractivity contribution is 5.77. The Labute approximate surface area is 120 Å². The van der Waals surface area contributed by atoms with E-state index in [9.17, 15) is 4.79 Å². The van der Waals surface area contributed by atoms with Crippen molar-refractivity contribution in [2.24, 2.45) is 11.7 Å². The van der Waals surface area contributed by atoms with Crippen molar-refractivity contribution in [2.45, 2.75) is 25.3 Å². The number of rotatable bonds is 5. The van der Waals surface area contributed by atoms with Gasteiger partial charge in [-0.1, -0.05) is 30.3 Å². The summed E-state index contributed by atoms with van der Waals surface area (Å²) in [7, 11) is 1.71. The normalized spacial score (nSPS) is 20.7. The van der Waals surface area contributed by atoms with Crippen LogP contribution < -0.4 is 5.73 Å². The lowest BCUT2D eigenvalue weighted by Gasteiger charge is -2.33. The molecular formula is C16H24N2O2. The number of carbonyl (C=O) groups excluding carboxylic acids is 1. The van der Waals surface area contributed by atoms with Crippen molar-refractivity contribution >= 4 is 5.91 Å². The fourth-order valence-corrected chi connectivity index (χ4v) is 2.80. The second-order valence-corrected chi connectivity index (χ2v) is 5.52. The maximum Gasteiger partial charge on any atom is 0.224 e. The van der Waals surface area contributed by atoms with Crippen molar-refractivity contribution in [1.29, 1.82) is 0 Å². The molecule has 2 rings (SSSR count). The zero-order chi connectivity index (χ0) is 14.4. The largest absolute Gasteiger partial charge is 0.384 e. The summed E-state index contributed by atoms with van der Waals surface area (Å²) in [5, 5.41) is 0. The molecule has 2 unspecified atom stereocenters. The van der Waals surface area contributed by atoms with Crippen molar-refractivity contribution < 1.29 is 9.53 Å². The van der Waals surface area contributed by atoms with E-state index in [1.54, 1.807) is 7.11 Å². The van der Waals surface area contributed by atoms with Gasteiger partial charge in [0, 0.05) is 32.7 Å². The van der Waals surface area contributed by atoms with Gasteiger partial charge in [0.1, 0.15) is 0 Å². The number of ether oxygens (including phenoxy) is 1. The molecular weight excluding hydrogens is 252 g/mol. The first-order chi connectivity index (χ1) is 9.70. The maximum atomic E-state index is 12.3. The molecule has 1 fully saturated rings. The predicted molar refractivity (Wildman–Crippen MR) is 79.2 cm³/mol. The van der Waals surface area contributed by atoms with Gasteiger partial charge in [-0.05, 0) is 24.3 Å². The fraction of sp³-hybridized carbons (Fsp3) is 0.562. The summed E-state index contributed by atoms with van der Waals surface area (Å²) in [4.78, 5) is 14.3. The van der Waals surface area contributed by atoms with E-state index < -0.39 is 0 Å². The number of hydrogen-bond donors (Lipinski definition) is 1. The van der Waals surface area contributed by atoms with Crippen molar-refractivity contribution in [2.75, 3.05) is 26.8 Å². The monoisotopic (exact) mass is 276 g/mol. The first-order valence-corrected chi connectivity index (χ1v) is 7.28. The summed E-state index contributed by atoms with van der Waals surface area (Å²) in [6.07, 6.45) is 2.58. The van der Waals surface area contributed by atoms with E-state index in [0.29, 0.717) is 12.3 Å². The average Bonchev–Trinajstić information content (AvgIpc) is 2.48. The van der Waals surface area contributed by atoms with Crippen LogP contribution in [-0.4, -0.2) is 37.6 Å². The highest BCUT2D eigenvalue weighted by Gasteiger charge is 2.24. The number of nitrogens with two attached hydrogens (primary N) is 1. The molecule has 20 heavy (non-hydrogen) atoms. The highest BCUT2D eigenvalue weighted by atomic mass is 16.5. The van der Waals surface area contributed by atoms with Crippen molar-refractivity contribution in [3.8, 4) is 0 Å². The van der Waals surface area contributed by atoms with Gasteiger partial charge < -0.3 is 15.4 Å². The fourth-order valence-electron chi connectivity index (χ4n) is 2.80. The summed E-state index contributed by atoms with van der Waals surface area (Å²) >= 11 is 0. The molecule has 0 saturated carbocycles. The predicted octanol–water partition coefficient (Wildman–Crippen LogP) is 1.96. The van der Waals surface area contributed by atoms with E-state index in [1.165, 1.54) is 0 Å². The highest BCUT2D eigenvalue weighted by Crippen LogP contribution is 2.20. The Kier molecular flexibility index (Phi) is 5.56. The van der Waals surface area contributed by atoms with E-state index in [0.717, 1.165) is 38.1 Å². The van der Waals surface area contributed by atoms with E-state index in [-0.39, 0.29) is 11.9 Å². The molecule has 2 atom stereocenters. The van der Waals surface area contributed by atoms with E-state index >= 15 is 0 Å². The Hall–Kier alpha value is -1.39. The lowest BCUT2D eigenvalue weighted by Crippen LogP contribution is -2.42. The third-order valence-electron chi connectivity index (χ3n) is 3.90. The third kappa shape index (κ3) is 4.05. The lowest BCUT2D eigenvalue weighted by atomic mass is 9.97. The number of hydrogen-bond acceptors (Lipinski definition) is 3. The minimum absolute atomic E-state index is 0.155. The van der Waals surface area contributed by atoms with Crippen LogP contribution in [0.25, 0.3) is 0 Å². The zero-order valence-corrected chi connectivity index (χ0v) is 12.1. The zero-order valence-electron chi connectivity index (χ0n) is 12.1. The van der Waals surface area contributed by atoms with Crippen molar-refractivity contribution in [3.63, 3.8) is 0 Å². The van der Waals surface area contributed by atoms with Gasteiger partial charge in [0.25, 0.3) is 0 Å². The first kappa shape index (κ1) is 15.0. The Morgan fingerprint density at radius 1 is 1.45 bits per heavy atom. The van der Waals surface area contributed by atoms with Gasteiger partial charge in [0.2, 0.25) is 5.91 Å². The number of methoxy groups -OCH3 is 1. The molecule has 1 aromatic rings. The minimum Gasteiger partial charge on any atom is -0.384 e. The SMILES string of the molecule is COCC1CCCN(C(=O)CC(N)c2ccccc2)C1. The second-order valence-electron chi connectivity index (χ2n) is 5.52. The Morgan fingerprint density at radius 3 is 2.90 bits per heavy atom. The topological polar surface area (TPSA) is 55.6 Å². The Morgan fingerprint density at radius 2 is 2.20 bits per heavy atom. The van der Waals surface area contributed by atoms with Gasteiger partial charge >= 0.3 is 0 Å². The summed E-state index contributed by atoms with van der Waals surface area (Å²) < 4.78 is 5.20. The Bertz CT molecular complexity index is 420. The number of amides is 1. The smallest absolute Gasteiger partial charge is 0.224 e. The molecule has 1 heterocycles. The molecule has 4 heteroatoms. The maximum absolute atomic E-state index is 12.3.